The summed E-state index contributed by atoms with van der Waals surface area (Å²) in [5.41, 5.74) is 0.906. The Morgan fingerprint density at radius 1 is 1.23 bits per heavy atom. The van der Waals surface area contributed by atoms with Gasteiger partial charge in [-0.2, -0.15) is 0 Å². The maximum Gasteiger partial charge on any atom is 0.307 e. The molecule has 2 atom stereocenters. The number of carboxylic acid groups (broad SMARTS) is 1. The Labute approximate surface area is 127 Å². The fraction of sp³-hybridized carbons (Fsp3) is 0.333. The number of aliphatic carboxylic acids is 1. The lowest BCUT2D eigenvalue weighted by atomic mass is 9.73. The average molecular weight is 300 g/mol. The minimum atomic E-state index is -0.904. The Morgan fingerprint density at radius 2 is 1.95 bits per heavy atom. The van der Waals surface area contributed by atoms with Crippen molar-refractivity contribution in [3.63, 3.8) is 0 Å². The van der Waals surface area contributed by atoms with E-state index in [-0.39, 0.29) is 12.5 Å². The predicted molar refractivity (Wildman–Crippen MR) is 77.1 cm³/mol. The van der Waals surface area contributed by atoms with Gasteiger partial charge in [0.05, 0.1) is 18.4 Å². The molecule has 1 aliphatic rings. The highest BCUT2D eigenvalue weighted by Gasteiger charge is 2.41. The van der Waals surface area contributed by atoms with Gasteiger partial charge < -0.3 is 10.4 Å². The molecule has 7 nitrogen and oxygen atoms in total. The number of nitrogens with one attached hydrogen (secondary N) is 1. The Morgan fingerprint density at radius 3 is 2.59 bits per heavy atom. The van der Waals surface area contributed by atoms with E-state index in [9.17, 15) is 9.59 Å². The zero-order valence-corrected chi connectivity index (χ0v) is 11.8. The van der Waals surface area contributed by atoms with E-state index in [0.29, 0.717) is 18.7 Å². The highest BCUT2D eigenvalue weighted by Crippen LogP contribution is 2.34. The fourth-order valence-electron chi connectivity index (χ4n) is 2.59. The summed E-state index contributed by atoms with van der Waals surface area (Å²) in [6.45, 7) is 0.219. The van der Waals surface area contributed by atoms with Crippen molar-refractivity contribution in [3.8, 4) is 5.69 Å². The molecule has 1 aromatic carbocycles. The van der Waals surface area contributed by atoms with Gasteiger partial charge in [0.1, 0.15) is 6.33 Å². The number of carbonyl (C=O) groups excluding carboxylic acids is 1. The van der Waals surface area contributed by atoms with Crippen molar-refractivity contribution in [3.05, 3.63) is 42.5 Å². The van der Waals surface area contributed by atoms with Crippen molar-refractivity contribution in [1.29, 1.82) is 0 Å². The lowest BCUT2D eigenvalue weighted by Crippen LogP contribution is -2.44. The van der Waals surface area contributed by atoms with Crippen molar-refractivity contribution in [2.24, 2.45) is 11.8 Å². The van der Waals surface area contributed by atoms with Gasteiger partial charge in [0.15, 0.2) is 5.82 Å². The van der Waals surface area contributed by atoms with Crippen LogP contribution in [-0.2, 0) is 16.1 Å². The van der Waals surface area contributed by atoms with Crippen molar-refractivity contribution in [2.45, 2.75) is 19.4 Å². The van der Waals surface area contributed by atoms with Crippen LogP contribution in [0.5, 0.6) is 0 Å². The maximum atomic E-state index is 12.1. The molecule has 22 heavy (non-hydrogen) atoms. The molecule has 1 amide bonds. The van der Waals surface area contributed by atoms with Crippen molar-refractivity contribution >= 4 is 11.9 Å². The zero-order chi connectivity index (χ0) is 15.5. The summed E-state index contributed by atoms with van der Waals surface area (Å²) < 4.78 is 1.79. The SMILES string of the molecule is O=C(O)C1CCC1C(=O)NCc1nncn1-c1ccccc1. The average Bonchev–Trinajstić information content (AvgIpc) is 2.92. The summed E-state index contributed by atoms with van der Waals surface area (Å²) in [4.78, 5) is 23.0. The van der Waals surface area contributed by atoms with Crippen LogP contribution in [-0.4, -0.2) is 31.7 Å². The number of amides is 1. The number of carbonyl (C=O) groups is 2. The molecule has 2 unspecified atom stereocenters. The Kier molecular flexibility index (Phi) is 3.86. The third kappa shape index (κ3) is 2.69. The van der Waals surface area contributed by atoms with Crippen molar-refractivity contribution in [2.75, 3.05) is 0 Å². The number of para-hydroxylation sites is 1. The third-order valence-electron chi connectivity index (χ3n) is 4.00. The van der Waals surface area contributed by atoms with Gasteiger partial charge in [-0.3, -0.25) is 14.2 Å². The van der Waals surface area contributed by atoms with Crippen molar-refractivity contribution in [1.82, 2.24) is 20.1 Å². The van der Waals surface area contributed by atoms with E-state index in [1.54, 1.807) is 10.9 Å². The second-order valence-electron chi connectivity index (χ2n) is 5.30. The molecule has 0 radical (unpaired) electrons. The monoisotopic (exact) mass is 300 g/mol. The van der Waals surface area contributed by atoms with E-state index >= 15 is 0 Å². The molecule has 1 fully saturated rings. The van der Waals surface area contributed by atoms with Crippen molar-refractivity contribution < 1.29 is 14.7 Å². The lowest BCUT2D eigenvalue weighted by molar-refractivity contribution is -0.152. The van der Waals surface area contributed by atoms with Crippen LogP contribution < -0.4 is 5.32 Å². The number of aromatic nitrogens is 3. The summed E-state index contributed by atoms with van der Waals surface area (Å²) in [5, 5.41) is 19.6. The molecule has 2 aromatic rings. The largest absolute Gasteiger partial charge is 0.481 e. The number of nitrogens with zero attached hydrogens (tertiary/aromatic N) is 3. The van der Waals surface area contributed by atoms with Crippen LogP contribution in [0.4, 0.5) is 0 Å². The van der Waals surface area contributed by atoms with Crippen LogP contribution in [0, 0.1) is 11.8 Å². The smallest absolute Gasteiger partial charge is 0.307 e. The lowest BCUT2D eigenvalue weighted by Gasteiger charge is -2.31. The van der Waals surface area contributed by atoms with Crippen LogP contribution >= 0.6 is 0 Å². The molecule has 1 heterocycles. The first-order valence-corrected chi connectivity index (χ1v) is 7.11. The molecular formula is C15H16N4O3. The Bertz CT molecular complexity index is 683. The highest BCUT2D eigenvalue weighted by atomic mass is 16.4. The highest BCUT2D eigenvalue weighted by molar-refractivity contribution is 5.86. The summed E-state index contributed by atoms with van der Waals surface area (Å²) in [7, 11) is 0. The molecule has 1 aromatic heterocycles. The quantitative estimate of drug-likeness (QED) is 0.858. The first-order valence-electron chi connectivity index (χ1n) is 7.11. The van der Waals surface area contributed by atoms with E-state index in [2.05, 4.69) is 15.5 Å². The van der Waals surface area contributed by atoms with E-state index in [1.807, 2.05) is 30.3 Å². The maximum absolute atomic E-state index is 12.1. The summed E-state index contributed by atoms with van der Waals surface area (Å²) >= 11 is 0. The van der Waals surface area contributed by atoms with Crippen LogP contribution in [0.25, 0.3) is 5.69 Å². The van der Waals surface area contributed by atoms with E-state index < -0.39 is 17.8 Å². The molecule has 3 rings (SSSR count). The number of hydrogen-bond acceptors (Lipinski definition) is 4. The van der Waals surface area contributed by atoms with Gasteiger partial charge in [-0.1, -0.05) is 18.2 Å². The molecule has 0 aliphatic heterocycles. The van der Waals surface area contributed by atoms with E-state index in [1.165, 1.54) is 0 Å². The van der Waals surface area contributed by atoms with Gasteiger partial charge >= 0.3 is 5.97 Å². The molecule has 0 spiro atoms. The molecular weight excluding hydrogens is 284 g/mol. The minimum Gasteiger partial charge on any atom is -0.481 e. The van der Waals surface area contributed by atoms with Crippen LogP contribution in [0.2, 0.25) is 0 Å². The zero-order valence-electron chi connectivity index (χ0n) is 11.8. The number of benzene rings is 1. The van der Waals surface area contributed by atoms with E-state index in [0.717, 1.165) is 5.69 Å². The normalized spacial score (nSPS) is 20.2. The van der Waals surface area contributed by atoms with Gasteiger partial charge in [0, 0.05) is 5.69 Å². The van der Waals surface area contributed by atoms with E-state index in [4.69, 9.17) is 5.11 Å². The molecule has 1 saturated carbocycles. The molecule has 0 saturated heterocycles. The molecule has 7 heteroatoms. The molecule has 0 bridgehead atoms. The second kappa shape index (κ2) is 5.97. The van der Waals surface area contributed by atoms with Gasteiger partial charge in [0.2, 0.25) is 5.91 Å². The number of carboxylic acids is 1. The van der Waals surface area contributed by atoms with Gasteiger partial charge in [-0.25, -0.2) is 0 Å². The third-order valence-corrected chi connectivity index (χ3v) is 4.00. The summed E-state index contributed by atoms with van der Waals surface area (Å²) in [6.07, 6.45) is 2.77. The topological polar surface area (TPSA) is 97.1 Å². The first-order chi connectivity index (χ1) is 10.7. The number of hydrogen-bond donors (Lipinski definition) is 2. The number of rotatable bonds is 5. The van der Waals surface area contributed by atoms with Gasteiger partial charge in [-0.15, -0.1) is 10.2 Å². The minimum absolute atomic E-state index is 0.219. The summed E-state index contributed by atoms with van der Waals surface area (Å²) in [5.74, 6) is -1.54. The van der Waals surface area contributed by atoms with Crippen LogP contribution in [0.15, 0.2) is 36.7 Å². The Hall–Kier alpha value is -2.70. The van der Waals surface area contributed by atoms with Crippen LogP contribution in [0.3, 0.4) is 0 Å². The first kappa shape index (κ1) is 14.2. The van der Waals surface area contributed by atoms with Crippen LogP contribution in [0.1, 0.15) is 18.7 Å². The fourth-order valence-corrected chi connectivity index (χ4v) is 2.59. The Balaban J connectivity index is 1.64. The molecule has 114 valence electrons. The predicted octanol–water partition coefficient (Wildman–Crippen LogP) is 0.994. The standard InChI is InChI=1S/C15H16N4O3/c20-14(11-6-7-12(11)15(21)22)16-8-13-18-17-9-19(13)10-4-2-1-3-5-10/h1-5,9,11-12H,6-8H2,(H,16,20)(H,21,22). The van der Waals surface area contributed by atoms with Gasteiger partial charge in [0.25, 0.3) is 0 Å². The second-order valence-corrected chi connectivity index (χ2v) is 5.30. The van der Waals surface area contributed by atoms with Gasteiger partial charge in [-0.05, 0) is 25.0 Å². The molecule has 1 aliphatic carbocycles. The summed E-state index contributed by atoms with van der Waals surface area (Å²) in [6, 6.07) is 9.56. The molecule has 2 N–H and O–H groups in total.